The second-order valence-electron chi connectivity index (χ2n) is 5.83. The number of benzene rings is 2. The molecule has 110 valence electrons. The van der Waals surface area contributed by atoms with Crippen molar-refractivity contribution >= 4 is 28.4 Å². The molecule has 1 aliphatic carbocycles. The monoisotopic (exact) mass is 290 g/mol. The van der Waals surface area contributed by atoms with Gasteiger partial charge in [-0.05, 0) is 49.6 Å². The average molecular weight is 290 g/mol. The topological polar surface area (TPSA) is 49.8 Å². The third-order valence-corrected chi connectivity index (χ3v) is 3.80. The van der Waals surface area contributed by atoms with E-state index in [1.54, 1.807) is 0 Å². The van der Waals surface area contributed by atoms with Gasteiger partial charge in [-0.1, -0.05) is 24.3 Å². The lowest BCUT2D eigenvalue weighted by Gasteiger charge is -2.11. The summed E-state index contributed by atoms with van der Waals surface area (Å²) in [5, 5.41) is 7.89. The lowest BCUT2D eigenvalue weighted by Crippen LogP contribution is -2.07. The van der Waals surface area contributed by atoms with E-state index in [0.29, 0.717) is 12.0 Å². The molecule has 3 aromatic rings. The van der Waals surface area contributed by atoms with Crippen molar-refractivity contribution in [3.05, 3.63) is 54.1 Å². The van der Waals surface area contributed by atoms with E-state index in [4.69, 9.17) is 0 Å². The van der Waals surface area contributed by atoms with Crippen molar-refractivity contribution in [2.24, 2.45) is 0 Å². The Balaban J connectivity index is 1.73. The predicted molar refractivity (Wildman–Crippen MR) is 90.6 cm³/mol. The number of hydrogen-bond acceptors (Lipinski definition) is 4. The summed E-state index contributed by atoms with van der Waals surface area (Å²) in [6.45, 7) is 2.08. The molecule has 1 aromatic heterocycles. The van der Waals surface area contributed by atoms with Crippen molar-refractivity contribution in [2.75, 3.05) is 10.6 Å². The molecule has 4 nitrogen and oxygen atoms in total. The fourth-order valence-electron chi connectivity index (χ4n) is 2.52. The van der Waals surface area contributed by atoms with Crippen LogP contribution >= 0.6 is 0 Å². The van der Waals surface area contributed by atoms with Crippen LogP contribution in [-0.2, 0) is 0 Å². The van der Waals surface area contributed by atoms with Gasteiger partial charge in [-0.25, -0.2) is 4.98 Å². The fraction of sp³-hybridized carbons (Fsp3) is 0.222. The van der Waals surface area contributed by atoms with Gasteiger partial charge in [0.2, 0.25) is 5.95 Å². The second kappa shape index (κ2) is 5.30. The molecule has 4 rings (SSSR count). The predicted octanol–water partition coefficient (Wildman–Crippen LogP) is 4.26. The molecule has 1 fully saturated rings. The van der Waals surface area contributed by atoms with Gasteiger partial charge in [-0.15, -0.1) is 0 Å². The van der Waals surface area contributed by atoms with Gasteiger partial charge >= 0.3 is 0 Å². The molecule has 0 radical (unpaired) electrons. The van der Waals surface area contributed by atoms with E-state index in [-0.39, 0.29) is 0 Å². The van der Waals surface area contributed by atoms with E-state index >= 15 is 0 Å². The Morgan fingerprint density at radius 3 is 2.68 bits per heavy atom. The first-order chi connectivity index (χ1) is 10.8. The third kappa shape index (κ3) is 2.72. The Hall–Kier alpha value is -2.62. The highest BCUT2D eigenvalue weighted by Crippen LogP contribution is 2.29. The van der Waals surface area contributed by atoms with Crippen molar-refractivity contribution < 1.29 is 0 Å². The van der Waals surface area contributed by atoms with Crippen LogP contribution in [0.25, 0.3) is 10.9 Å². The molecule has 4 heteroatoms. The maximum absolute atomic E-state index is 4.67. The van der Waals surface area contributed by atoms with E-state index in [2.05, 4.69) is 45.7 Å². The maximum atomic E-state index is 4.67. The third-order valence-electron chi connectivity index (χ3n) is 3.80. The van der Waals surface area contributed by atoms with Crippen LogP contribution in [0.2, 0.25) is 0 Å². The van der Waals surface area contributed by atoms with Gasteiger partial charge in [-0.3, -0.25) is 0 Å². The zero-order valence-electron chi connectivity index (χ0n) is 12.5. The van der Waals surface area contributed by atoms with Crippen LogP contribution in [0.1, 0.15) is 18.4 Å². The first kappa shape index (κ1) is 13.1. The van der Waals surface area contributed by atoms with E-state index in [1.807, 2.05) is 30.3 Å². The summed E-state index contributed by atoms with van der Waals surface area (Å²) in [5.41, 5.74) is 3.17. The summed E-state index contributed by atoms with van der Waals surface area (Å²) in [6, 6.07) is 16.9. The number of hydrogen-bond donors (Lipinski definition) is 2. The molecule has 1 aliphatic rings. The van der Waals surface area contributed by atoms with Crippen molar-refractivity contribution in [3.63, 3.8) is 0 Å². The highest BCUT2D eigenvalue weighted by Gasteiger charge is 2.22. The first-order valence-corrected chi connectivity index (χ1v) is 7.65. The zero-order chi connectivity index (χ0) is 14.9. The Morgan fingerprint density at radius 1 is 1.00 bits per heavy atom. The molecule has 22 heavy (non-hydrogen) atoms. The number of para-hydroxylation sites is 1. The van der Waals surface area contributed by atoms with Crippen LogP contribution in [0.5, 0.6) is 0 Å². The lowest BCUT2D eigenvalue weighted by atomic mass is 10.2. The second-order valence-corrected chi connectivity index (χ2v) is 5.83. The number of fused-ring (bicyclic) bond motifs is 1. The summed E-state index contributed by atoms with van der Waals surface area (Å²) < 4.78 is 0. The van der Waals surface area contributed by atoms with Crippen molar-refractivity contribution in [2.45, 2.75) is 25.8 Å². The van der Waals surface area contributed by atoms with E-state index < -0.39 is 0 Å². The number of aromatic nitrogens is 2. The highest BCUT2D eigenvalue weighted by molar-refractivity contribution is 5.90. The van der Waals surface area contributed by atoms with Crippen LogP contribution < -0.4 is 10.6 Å². The van der Waals surface area contributed by atoms with Gasteiger partial charge in [0.25, 0.3) is 0 Å². The number of aryl methyl sites for hydroxylation is 1. The van der Waals surface area contributed by atoms with E-state index in [0.717, 1.165) is 22.4 Å². The molecule has 0 saturated heterocycles. The van der Waals surface area contributed by atoms with Crippen LogP contribution in [0.4, 0.5) is 17.5 Å². The quantitative estimate of drug-likeness (QED) is 0.754. The van der Waals surface area contributed by atoms with Gasteiger partial charge in [-0.2, -0.15) is 4.98 Å². The Morgan fingerprint density at radius 2 is 1.86 bits per heavy atom. The molecule has 0 spiro atoms. The number of nitrogens with one attached hydrogen (secondary N) is 2. The molecular formula is C18H18N4. The lowest BCUT2D eigenvalue weighted by molar-refractivity contribution is 1.11. The minimum absolute atomic E-state index is 0.560. The number of nitrogens with zero attached hydrogens (tertiary/aromatic N) is 2. The molecule has 2 aromatic carbocycles. The standard InChI is InChI=1S/C18H18N4/c1-12-5-4-6-14(11-12)20-18-21-16-8-3-2-7-15(16)17(22-18)19-13-9-10-13/h2-8,11,13H,9-10H2,1H3,(H2,19,20,21,22). The molecule has 1 saturated carbocycles. The fourth-order valence-corrected chi connectivity index (χ4v) is 2.52. The van der Waals surface area contributed by atoms with Gasteiger partial charge in [0, 0.05) is 17.1 Å². The average Bonchev–Trinajstić information content (AvgIpc) is 3.31. The van der Waals surface area contributed by atoms with Crippen molar-refractivity contribution in [3.8, 4) is 0 Å². The number of rotatable bonds is 4. The molecular weight excluding hydrogens is 272 g/mol. The van der Waals surface area contributed by atoms with E-state index in [9.17, 15) is 0 Å². The van der Waals surface area contributed by atoms with Crippen LogP contribution in [0.3, 0.4) is 0 Å². The minimum Gasteiger partial charge on any atom is -0.367 e. The molecule has 0 unspecified atom stereocenters. The summed E-state index contributed by atoms with van der Waals surface area (Å²) in [7, 11) is 0. The normalized spacial score (nSPS) is 14.0. The molecule has 0 atom stereocenters. The Labute approximate surface area is 129 Å². The Kier molecular flexibility index (Phi) is 3.15. The first-order valence-electron chi connectivity index (χ1n) is 7.65. The molecule has 1 heterocycles. The summed E-state index contributed by atoms with van der Waals surface area (Å²) in [6.07, 6.45) is 2.44. The molecule has 0 aliphatic heterocycles. The van der Waals surface area contributed by atoms with Crippen LogP contribution in [0, 0.1) is 6.92 Å². The maximum Gasteiger partial charge on any atom is 0.229 e. The Bertz CT molecular complexity index is 824. The molecule has 2 N–H and O–H groups in total. The van der Waals surface area contributed by atoms with Crippen LogP contribution in [0.15, 0.2) is 48.5 Å². The highest BCUT2D eigenvalue weighted by atomic mass is 15.2. The van der Waals surface area contributed by atoms with Gasteiger partial charge in [0.1, 0.15) is 5.82 Å². The molecule has 0 bridgehead atoms. The van der Waals surface area contributed by atoms with Crippen molar-refractivity contribution in [1.29, 1.82) is 0 Å². The van der Waals surface area contributed by atoms with Gasteiger partial charge in [0.15, 0.2) is 0 Å². The smallest absolute Gasteiger partial charge is 0.229 e. The SMILES string of the molecule is Cc1cccc(Nc2nc(NC3CC3)c3ccccc3n2)c1. The summed E-state index contributed by atoms with van der Waals surface area (Å²) in [4.78, 5) is 9.30. The summed E-state index contributed by atoms with van der Waals surface area (Å²) >= 11 is 0. The zero-order valence-corrected chi connectivity index (χ0v) is 12.5. The van der Waals surface area contributed by atoms with Crippen molar-refractivity contribution in [1.82, 2.24) is 9.97 Å². The number of anilines is 3. The van der Waals surface area contributed by atoms with Gasteiger partial charge < -0.3 is 10.6 Å². The van der Waals surface area contributed by atoms with E-state index in [1.165, 1.54) is 18.4 Å². The van der Waals surface area contributed by atoms with Gasteiger partial charge in [0.05, 0.1) is 5.52 Å². The van der Waals surface area contributed by atoms with Crippen LogP contribution in [-0.4, -0.2) is 16.0 Å². The summed E-state index contributed by atoms with van der Waals surface area (Å²) in [5.74, 6) is 1.55. The molecule has 0 amide bonds. The largest absolute Gasteiger partial charge is 0.367 e. The minimum atomic E-state index is 0.560.